The lowest BCUT2D eigenvalue weighted by Gasteiger charge is -2.27. The molecule has 1 aromatic heterocycles. The highest BCUT2D eigenvalue weighted by Crippen LogP contribution is 2.29. The molecule has 0 saturated carbocycles. The Bertz CT molecular complexity index is 505. The molecule has 0 amide bonds. The van der Waals surface area contributed by atoms with Crippen LogP contribution in [0.5, 0.6) is 0 Å². The number of benzene rings is 1. The van der Waals surface area contributed by atoms with Gasteiger partial charge in [-0.15, -0.1) is 12.4 Å². The maximum atomic E-state index is 6.36. The molecule has 1 aliphatic heterocycles. The number of ether oxygens (including phenoxy) is 1. The maximum Gasteiger partial charge on any atom is 0.0469 e. The zero-order valence-corrected chi connectivity index (χ0v) is 11.1. The minimum absolute atomic E-state index is 0. The minimum atomic E-state index is 0. The molecule has 1 atom stereocenters. The van der Waals surface area contributed by atoms with E-state index in [0.717, 1.165) is 26.1 Å². The number of halogens is 1. The van der Waals surface area contributed by atoms with Crippen molar-refractivity contribution in [2.24, 2.45) is 11.7 Å². The van der Waals surface area contributed by atoms with E-state index in [1.54, 1.807) is 0 Å². The van der Waals surface area contributed by atoms with E-state index in [1.807, 2.05) is 6.20 Å². The Kier molecular flexibility index (Phi) is 4.27. The molecule has 3 N–H and O–H groups in total. The molecule has 4 heteroatoms. The van der Waals surface area contributed by atoms with Crippen molar-refractivity contribution < 1.29 is 4.74 Å². The molecule has 2 aromatic rings. The van der Waals surface area contributed by atoms with Gasteiger partial charge in [0.05, 0.1) is 0 Å². The lowest BCUT2D eigenvalue weighted by atomic mass is 9.87. The summed E-state index contributed by atoms with van der Waals surface area (Å²) >= 11 is 0. The molecule has 0 bridgehead atoms. The molecular formula is C14H19ClN2O. The van der Waals surface area contributed by atoms with Crippen molar-refractivity contribution in [1.29, 1.82) is 0 Å². The van der Waals surface area contributed by atoms with Crippen LogP contribution in [0.2, 0.25) is 0 Å². The molecule has 1 fully saturated rings. The molecule has 18 heavy (non-hydrogen) atoms. The van der Waals surface area contributed by atoms with Crippen LogP contribution in [0.3, 0.4) is 0 Å². The highest BCUT2D eigenvalue weighted by molar-refractivity contribution is 5.85. The second-order valence-corrected chi connectivity index (χ2v) is 4.80. The fourth-order valence-corrected chi connectivity index (χ4v) is 2.63. The van der Waals surface area contributed by atoms with Crippen LogP contribution >= 0.6 is 12.4 Å². The Labute approximate surface area is 113 Å². The minimum Gasteiger partial charge on any atom is -0.381 e. The van der Waals surface area contributed by atoms with E-state index in [0.29, 0.717) is 5.92 Å². The van der Waals surface area contributed by atoms with Crippen LogP contribution in [0, 0.1) is 5.92 Å². The monoisotopic (exact) mass is 266 g/mol. The Morgan fingerprint density at radius 3 is 2.78 bits per heavy atom. The third-order valence-electron chi connectivity index (χ3n) is 3.74. The standard InChI is InChI=1S/C14H18N2O.ClH/c15-14(10-4-7-17-8-5-10)12-1-2-13-11(9-12)3-6-16-13;/h1-3,6,9-10,14,16H,4-5,7-8,15H2;1H/t14-;/m1./s1. The Hall–Kier alpha value is -1.03. The van der Waals surface area contributed by atoms with E-state index < -0.39 is 0 Å². The zero-order chi connectivity index (χ0) is 11.7. The fourth-order valence-electron chi connectivity index (χ4n) is 2.63. The number of hydrogen-bond acceptors (Lipinski definition) is 2. The molecular weight excluding hydrogens is 248 g/mol. The zero-order valence-electron chi connectivity index (χ0n) is 10.3. The van der Waals surface area contributed by atoms with Crippen LogP contribution < -0.4 is 5.73 Å². The Morgan fingerprint density at radius 1 is 1.22 bits per heavy atom. The first kappa shape index (κ1) is 13.4. The molecule has 2 heterocycles. The van der Waals surface area contributed by atoms with Gasteiger partial charge >= 0.3 is 0 Å². The van der Waals surface area contributed by atoms with Crippen LogP contribution in [0.15, 0.2) is 30.5 Å². The fraction of sp³-hybridized carbons (Fsp3) is 0.429. The molecule has 1 saturated heterocycles. The van der Waals surface area contributed by atoms with Crippen LogP contribution in [0.4, 0.5) is 0 Å². The van der Waals surface area contributed by atoms with E-state index in [4.69, 9.17) is 10.5 Å². The summed E-state index contributed by atoms with van der Waals surface area (Å²) in [5.41, 5.74) is 8.78. The van der Waals surface area contributed by atoms with Crippen molar-refractivity contribution in [2.75, 3.05) is 13.2 Å². The van der Waals surface area contributed by atoms with Gasteiger partial charge in [0.1, 0.15) is 0 Å². The van der Waals surface area contributed by atoms with Gasteiger partial charge in [-0.05, 0) is 47.9 Å². The number of nitrogens with two attached hydrogens (primary N) is 1. The number of fused-ring (bicyclic) bond motifs is 1. The molecule has 3 nitrogen and oxygen atoms in total. The number of nitrogens with one attached hydrogen (secondary N) is 1. The van der Waals surface area contributed by atoms with E-state index >= 15 is 0 Å². The van der Waals surface area contributed by atoms with Crippen molar-refractivity contribution in [2.45, 2.75) is 18.9 Å². The van der Waals surface area contributed by atoms with Gasteiger partial charge in [0.2, 0.25) is 0 Å². The molecule has 0 spiro atoms. The SMILES string of the molecule is Cl.N[C@@H](c1ccc2[nH]ccc2c1)C1CCOCC1. The first-order valence-corrected chi connectivity index (χ1v) is 6.25. The van der Waals surface area contributed by atoms with Gasteiger partial charge < -0.3 is 15.5 Å². The molecule has 0 aliphatic carbocycles. The summed E-state index contributed by atoms with van der Waals surface area (Å²) in [5, 5.41) is 1.24. The topological polar surface area (TPSA) is 51.0 Å². The number of hydrogen-bond donors (Lipinski definition) is 2. The van der Waals surface area contributed by atoms with Crippen LogP contribution in [-0.4, -0.2) is 18.2 Å². The second-order valence-electron chi connectivity index (χ2n) is 4.80. The van der Waals surface area contributed by atoms with Crippen LogP contribution in [0.1, 0.15) is 24.4 Å². The summed E-state index contributed by atoms with van der Waals surface area (Å²) in [6, 6.07) is 8.68. The Balaban J connectivity index is 0.00000120. The van der Waals surface area contributed by atoms with Crippen molar-refractivity contribution in [1.82, 2.24) is 4.98 Å². The smallest absolute Gasteiger partial charge is 0.0469 e. The highest BCUT2D eigenvalue weighted by atomic mass is 35.5. The van der Waals surface area contributed by atoms with E-state index in [1.165, 1.54) is 16.5 Å². The predicted octanol–water partition coefficient (Wildman–Crippen LogP) is 3.02. The van der Waals surface area contributed by atoms with Crippen molar-refractivity contribution in [3.63, 3.8) is 0 Å². The average molecular weight is 267 g/mol. The molecule has 0 radical (unpaired) electrons. The third-order valence-corrected chi connectivity index (χ3v) is 3.74. The number of rotatable bonds is 2. The summed E-state index contributed by atoms with van der Waals surface area (Å²) in [4.78, 5) is 3.20. The van der Waals surface area contributed by atoms with Gasteiger partial charge in [-0.3, -0.25) is 0 Å². The maximum absolute atomic E-state index is 6.36. The van der Waals surface area contributed by atoms with E-state index in [9.17, 15) is 0 Å². The number of aromatic nitrogens is 1. The van der Waals surface area contributed by atoms with E-state index in [-0.39, 0.29) is 18.4 Å². The normalized spacial score (nSPS) is 18.5. The van der Waals surface area contributed by atoms with Crippen LogP contribution in [0.25, 0.3) is 10.9 Å². The predicted molar refractivity (Wildman–Crippen MR) is 76.0 cm³/mol. The second kappa shape index (κ2) is 5.74. The van der Waals surface area contributed by atoms with Crippen molar-refractivity contribution >= 4 is 23.3 Å². The van der Waals surface area contributed by atoms with E-state index in [2.05, 4.69) is 29.2 Å². The first-order valence-electron chi connectivity index (χ1n) is 6.25. The third kappa shape index (κ3) is 2.53. The summed E-state index contributed by atoms with van der Waals surface area (Å²) in [6.07, 6.45) is 4.12. The van der Waals surface area contributed by atoms with Crippen molar-refractivity contribution in [3.05, 3.63) is 36.0 Å². The van der Waals surface area contributed by atoms with Gasteiger partial charge in [0.25, 0.3) is 0 Å². The van der Waals surface area contributed by atoms with Gasteiger partial charge in [0, 0.05) is 31.0 Å². The molecule has 1 aliphatic rings. The van der Waals surface area contributed by atoms with Gasteiger partial charge in [-0.2, -0.15) is 0 Å². The van der Waals surface area contributed by atoms with Crippen molar-refractivity contribution in [3.8, 4) is 0 Å². The summed E-state index contributed by atoms with van der Waals surface area (Å²) in [7, 11) is 0. The molecule has 0 unspecified atom stereocenters. The lowest BCUT2D eigenvalue weighted by Crippen LogP contribution is -2.27. The highest BCUT2D eigenvalue weighted by Gasteiger charge is 2.22. The lowest BCUT2D eigenvalue weighted by molar-refractivity contribution is 0.0584. The number of H-pyrrole nitrogens is 1. The van der Waals surface area contributed by atoms with Crippen LogP contribution in [-0.2, 0) is 4.74 Å². The summed E-state index contributed by atoms with van der Waals surface area (Å²) < 4.78 is 5.38. The van der Waals surface area contributed by atoms with Gasteiger partial charge in [-0.25, -0.2) is 0 Å². The largest absolute Gasteiger partial charge is 0.381 e. The summed E-state index contributed by atoms with van der Waals surface area (Å²) in [5.74, 6) is 0.556. The van der Waals surface area contributed by atoms with Gasteiger partial charge in [0.15, 0.2) is 0 Å². The Morgan fingerprint density at radius 2 is 2.00 bits per heavy atom. The van der Waals surface area contributed by atoms with Gasteiger partial charge in [-0.1, -0.05) is 6.07 Å². The molecule has 98 valence electrons. The average Bonchev–Trinajstić information content (AvgIpc) is 2.86. The quantitative estimate of drug-likeness (QED) is 0.878. The molecule has 3 rings (SSSR count). The summed E-state index contributed by atoms with van der Waals surface area (Å²) in [6.45, 7) is 1.70. The molecule has 1 aromatic carbocycles. The first-order chi connectivity index (χ1) is 8.34. The number of aromatic amines is 1.